The van der Waals surface area contributed by atoms with Gasteiger partial charge in [0.2, 0.25) is 0 Å². The van der Waals surface area contributed by atoms with Gasteiger partial charge in [0.05, 0.1) is 12.8 Å². The zero-order valence-electron chi connectivity index (χ0n) is 31.5. The molecule has 266 valence electrons. The lowest BCUT2D eigenvalue weighted by atomic mass is 9.93. The summed E-state index contributed by atoms with van der Waals surface area (Å²) >= 11 is 0. The van der Waals surface area contributed by atoms with Gasteiger partial charge in [-0.15, -0.1) is 0 Å². The van der Waals surface area contributed by atoms with Crippen molar-refractivity contribution in [2.45, 2.75) is 13.8 Å². The van der Waals surface area contributed by atoms with E-state index in [-0.39, 0.29) is 0 Å². The number of aryl methyl sites for hydroxylation is 2. The fourth-order valence-corrected chi connectivity index (χ4v) is 7.20. The average Bonchev–Trinajstić information content (AvgIpc) is 3.24. The number of methoxy groups -OCH3 is 1. The minimum atomic E-state index is 0.823. The number of nitrogens with zero attached hydrogens (tertiary/aromatic N) is 1. The molecule has 0 aliphatic carbocycles. The molecule has 0 saturated carbocycles. The Bertz CT molecular complexity index is 2490. The summed E-state index contributed by atoms with van der Waals surface area (Å²) in [5, 5.41) is 2.35. The van der Waals surface area contributed by atoms with Crippen molar-refractivity contribution in [1.29, 1.82) is 0 Å². The normalized spacial score (nSPS) is 10.8. The third-order valence-corrected chi connectivity index (χ3v) is 10.2. The first-order valence-electron chi connectivity index (χ1n) is 18.8. The summed E-state index contributed by atoms with van der Waals surface area (Å²) in [4.78, 5) is 2.35. The van der Waals surface area contributed by atoms with Crippen molar-refractivity contribution in [3.8, 4) is 5.75 Å². The maximum absolute atomic E-state index is 5.56. The first kappa shape index (κ1) is 35.1. The molecule has 0 atom stereocenters. The lowest BCUT2D eigenvalue weighted by molar-refractivity contribution is 0.415. The predicted molar refractivity (Wildman–Crippen MR) is 234 cm³/mol. The van der Waals surface area contributed by atoms with Crippen molar-refractivity contribution >= 4 is 51.1 Å². The van der Waals surface area contributed by atoms with Gasteiger partial charge in [-0.1, -0.05) is 163 Å². The Morgan fingerprint density at radius 2 is 0.873 bits per heavy atom. The standard InChI is InChI=1S/C53H43NO/c1-38-18-24-43(25-19-38)51(44-26-20-39(2)21-27-44)36-40-22-29-46(30-23-40)54(47-31-33-48(55-3)34-32-47)53-35-28-45(49-16-10-11-17-50(49)53)37-52(41-12-6-4-7-13-41)42-14-8-5-9-15-42/h4-37H,1-3H3. The molecule has 55 heavy (non-hydrogen) atoms. The van der Waals surface area contributed by atoms with Gasteiger partial charge >= 0.3 is 0 Å². The fraction of sp³-hybridized carbons (Fsp3) is 0.0566. The second-order valence-corrected chi connectivity index (χ2v) is 13.9. The number of hydrogen-bond donors (Lipinski definition) is 0. The second-order valence-electron chi connectivity index (χ2n) is 13.9. The highest BCUT2D eigenvalue weighted by molar-refractivity contribution is 6.06. The van der Waals surface area contributed by atoms with Crippen molar-refractivity contribution in [2.24, 2.45) is 0 Å². The third kappa shape index (κ3) is 7.76. The molecule has 0 heterocycles. The van der Waals surface area contributed by atoms with E-state index in [1.807, 2.05) is 12.1 Å². The summed E-state index contributed by atoms with van der Waals surface area (Å²) in [5.74, 6) is 0.823. The van der Waals surface area contributed by atoms with Crippen LogP contribution in [0.15, 0.2) is 194 Å². The summed E-state index contributed by atoms with van der Waals surface area (Å²) in [6.45, 7) is 4.26. The summed E-state index contributed by atoms with van der Waals surface area (Å²) in [7, 11) is 1.71. The highest BCUT2D eigenvalue weighted by Crippen LogP contribution is 2.41. The molecule has 0 amide bonds. The van der Waals surface area contributed by atoms with Crippen LogP contribution in [-0.4, -0.2) is 7.11 Å². The number of hydrogen-bond acceptors (Lipinski definition) is 2. The summed E-state index contributed by atoms with van der Waals surface area (Å²) in [5.41, 5.74) is 15.2. The van der Waals surface area contributed by atoms with E-state index in [0.29, 0.717) is 0 Å². The van der Waals surface area contributed by atoms with E-state index in [9.17, 15) is 0 Å². The first-order valence-corrected chi connectivity index (χ1v) is 18.8. The Kier molecular flexibility index (Phi) is 10.2. The molecule has 8 rings (SSSR count). The Hall–Kier alpha value is -6.90. The monoisotopic (exact) mass is 709 g/mol. The molecule has 0 saturated heterocycles. The maximum Gasteiger partial charge on any atom is 0.119 e. The first-order chi connectivity index (χ1) is 27.0. The van der Waals surface area contributed by atoms with E-state index in [1.165, 1.54) is 49.9 Å². The highest BCUT2D eigenvalue weighted by Gasteiger charge is 2.18. The van der Waals surface area contributed by atoms with E-state index < -0.39 is 0 Å². The van der Waals surface area contributed by atoms with Crippen LogP contribution in [-0.2, 0) is 0 Å². The molecule has 8 aromatic rings. The predicted octanol–water partition coefficient (Wildman–Crippen LogP) is 14.1. The second kappa shape index (κ2) is 16.0. The maximum atomic E-state index is 5.56. The Balaban J connectivity index is 1.25. The van der Waals surface area contributed by atoms with E-state index in [2.05, 4.69) is 213 Å². The Morgan fingerprint density at radius 1 is 0.418 bits per heavy atom. The average molecular weight is 710 g/mol. The van der Waals surface area contributed by atoms with Crippen LogP contribution in [0.1, 0.15) is 44.5 Å². The molecular weight excluding hydrogens is 667 g/mol. The number of fused-ring (bicyclic) bond motifs is 1. The molecule has 0 N–H and O–H groups in total. The van der Waals surface area contributed by atoms with Crippen molar-refractivity contribution < 1.29 is 4.74 Å². The van der Waals surface area contributed by atoms with Gasteiger partial charge in [0, 0.05) is 16.8 Å². The van der Waals surface area contributed by atoms with Gasteiger partial charge in [-0.2, -0.15) is 0 Å². The summed E-state index contributed by atoms with van der Waals surface area (Å²) in [6.07, 6.45) is 4.62. The molecule has 2 heteroatoms. The van der Waals surface area contributed by atoms with Crippen LogP contribution < -0.4 is 9.64 Å². The fourth-order valence-electron chi connectivity index (χ4n) is 7.20. The van der Waals surface area contributed by atoms with E-state index >= 15 is 0 Å². The minimum absolute atomic E-state index is 0.823. The van der Waals surface area contributed by atoms with Gasteiger partial charge in [0.1, 0.15) is 5.75 Å². The smallest absolute Gasteiger partial charge is 0.119 e. The summed E-state index contributed by atoms with van der Waals surface area (Å²) in [6, 6.07) is 69.3. The van der Waals surface area contributed by atoms with Crippen molar-refractivity contribution in [3.63, 3.8) is 0 Å². The number of benzene rings is 8. The van der Waals surface area contributed by atoms with Gasteiger partial charge in [0.25, 0.3) is 0 Å². The van der Waals surface area contributed by atoms with Crippen LogP contribution in [0.4, 0.5) is 17.1 Å². The van der Waals surface area contributed by atoms with Crippen LogP contribution in [0, 0.1) is 13.8 Å². The lowest BCUT2D eigenvalue weighted by Gasteiger charge is -2.27. The van der Waals surface area contributed by atoms with Crippen LogP contribution in [0.2, 0.25) is 0 Å². The van der Waals surface area contributed by atoms with Gasteiger partial charge < -0.3 is 9.64 Å². The van der Waals surface area contributed by atoms with Crippen molar-refractivity contribution in [3.05, 3.63) is 239 Å². The highest BCUT2D eigenvalue weighted by atomic mass is 16.5. The van der Waals surface area contributed by atoms with Gasteiger partial charge in [0.15, 0.2) is 0 Å². The largest absolute Gasteiger partial charge is 0.497 e. The topological polar surface area (TPSA) is 12.5 Å². The molecule has 0 spiro atoms. The molecule has 0 aliphatic heterocycles. The van der Waals surface area contributed by atoms with Gasteiger partial charge in [-0.25, -0.2) is 0 Å². The molecule has 0 fully saturated rings. The van der Waals surface area contributed by atoms with Gasteiger partial charge in [-0.3, -0.25) is 0 Å². The quantitative estimate of drug-likeness (QED) is 0.131. The minimum Gasteiger partial charge on any atom is -0.497 e. The van der Waals surface area contributed by atoms with E-state index in [1.54, 1.807) is 7.11 Å². The number of anilines is 3. The lowest BCUT2D eigenvalue weighted by Crippen LogP contribution is -2.10. The van der Waals surface area contributed by atoms with E-state index in [4.69, 9.17) is 4.74 Å². The molecule has 0 radical (unpaired) electrons. The molecule has 2 nitrogen and oxygen atoms in total. The van der Waals surface area contributed by atoms with Crippen molar-refractivity contribution in [1.82, 2.24) is 0 Å². The number of rotatable bonds is 10. The van der Waals surface area contributed by atoms with Crippen LogP contribution in [0.5, 0.6) is 5.75 Å². The Labute approximate surface area is 325 Å². The molecule has 8 aromatic carbocycles. The Morgan fingerprint density at radius 3 is 1.40 bits per heavy atom. The summed E-state index contributed by atoms with van der Waals surface area (Å²) < 4.78 is 5.56. The molecular formula is C53H43NO. The SMILES string of the molecule is COc1ccc(N(c2ccc(C=C(c3ccc(C)cc3)c3ccc(C)cc3)cc2)c2ccc(C=C(c3ccccc3)c3ccccc3)c3ccccc23)cc1. The molecule has 0 unspecified atom stereocenters. The zero-order valence-corrected chi connectivity index (χ0v) is 31.5. The van der Waals surface area contributed by atoms with Gasteiger partial charge in [-0.05, 0) is 118 Å². The van der Waals surface area contributed by atoms with Crippen molar-refractivity contribution in [2.75, 3.05) is 12.0 Å². The molecule has 0 bridgehead atoms. The van der Waals surface area contributed by atoms with Crippen LogP contribution in [0.3, 0.4) is 0 Å². The third-order valence-electron chi connectivity index (χ3n) is 10.2. The number of ether oxygens (including phenoxy) is 1. The van der Waals surface area contributed by atoms with E-state index in [0.717, 1.165) is 39.3 Å². The molecule has 0 aromatic heterocycles. The van der Waals surface area contributed by atoms with Crippen LogP contribution in [0.25, 0.3) is 34.1 Å². The molecule has 0 aliphatic rings. The zero-order chi connectivity index (χ0) is 37.6. The van der Waals surface area contributed by atoms with Crippen LogP contribution >= 0.6 is 0 Å².